The molecule has 7 rings (SSSR count). The predicted octanol–water partition coefficient (Wildman–Crippen LogP) is 1.36. The number of ether oxygens (including phenoxy) is 5. The molecule has 0 unspecified atom stereocenters. The first-order valence-corrected chi connectivity index (χ1v) is 21.3. The average Bonchev–Trinajstić information content (AvgIpc) is 3.73. The van der Waals surface area contributed by atoms with Crippen molar-refractivity contribution >= 4 is 0 Å². The fourth-order valence-electron chi connectivity index (χ4n) is 14.1. The predicted molar refractivity (Wildman–Crippen MR) is 200 cm³/mol. The van der Waals surface area contributed by atoms with Crippen LogP contribution in [0.3, 0.4) is 0 Å². The molecule has 3 aliphatic heterocycles. The number of aliphatic hydroxyl groups excluding tert-OH is 8. The lowest BCUT2D eigenvalue weighted by Crippen LogP contribution is -2.68. The Bertz CT molecular complexity index is 1410. The van der Waals surface area contributed by atoms with Gasteiger partial charge in [0.1, 0.15) is 48.8 Å². The lowest BCUT2D eigenvalue weighted by molar-refractivity contribution is -0.378. The highest BCUT2D eigenvalue weighted by Crippen LogP contribution is 2.76. The van der Waals surface area contributed by atoms with Crippen LogP contribution in [0.15, 0.2) is 0 Å². The smallest absolute Gasteiger partial charge is 0.187 e. The zero-order valence-electron chi connectivity index (χ0n) is 34.7. The molecule has 14 heteroatoms. The van der Waals surface area contributed by atoms with Crippen LogP contribution in [-0.4, -0.2) is 150 Å². The van der Waals surface area contributed by atoms with E-state index in [1.165, 1.54) is 0 Å². The Kier molecular flexibility index (Phi) is 11.5. The number of rotatable bonds is 8. The Morgan fingerprint density at radius 2 is 1.25 bits per heavy atom. The molecule has 56 heavy (non-hydrogen) atoms. The van der Waals surface area contributed by atoms with E-state index in [1.54, 1.807) is 0 Å². The highest BCUT2D eigenvalue weighted by molar-refractivity contribution is 5.20. The summed E-state index contributed by atoms with van der Waals surface area (Å²) >= 11 is 0. The second-order valence-electron chi connectivity index (χ2n) is 21.1. The van der Waals surface area contributed by atoms with Gasteiger partial charge >= 0.3 is 0 Å². The summed E-state index contributed by atoms with van der Waals surface area (Å²) in [5.74, 6) is 0.725. The molecule has 0 spiro atoms. The van der Waals surface area contributed by atoms with E-state index in [0.29, 0.717) is 12.8 Å². The van der Waals surface area contributed by atoms with Gasteiger partial charge in [-0.15, -0.1) is 0 Å². The van der Waals surface area contributed by atoms with Crippen molar-refractivity contribution in [1.29, 1.82) is 0 Å². The van der Waals surface area contributed by atoms with Crippen LogP contribution in [0.5, 0.6) is 0 Å². The normalized spacial score (nSPS) is 56.0. The molecule has 7 aliphatic rings. The molecule has 0 bridgehead atoms. The lowest BCUT2D eigenvalue weighted by Gasteiger charge is -2.70. The van der Waals surface area contributed by atoms with E-state index in [2.05, 4.69) is 41.5 Å². The van der Waals surface area contributed by atoms with Crippen LogP contribution in [-0.2, 0) is 23.7 Å². The van der Waals surface area contributed by atoms with Crippen LogP contribution in [0.25, 0.3) is 0 Å². The van der Waals surface area contributed by atoms with Gasteiger partial charge in [0.05, 0.1) is 42.7 Å². The van der Waals surface area contributed by atoms with Crippen LogP contribution < -0.4 is 0 Å². The molecule has 0 aromatic carbocycles. The van der Waals surface area contributed by atoms with E-state index in [4.69, 9.17) is 23.7 Å². The molecule has 0 radical (unpaired) electrons. The molecule has 21 atom stereocenters. The summed E-state index contributed by atoms with van der Waals surface area (Å²) in [6.45, 7) is 16.3. The van der Waals surface area contributed by atoms with Crippen molar-refractivity contribution < 1.29 is 69.6 Å². The molecular formula is C42H72O14. The Labute approximate surface area is 331 Å². The van der Waals surface area contributed by atoms with E-state index < -0.39 is 103 Å². The number of fused-ring (bicyclic) bond motifs is 5. The van der Waals surface area contributed by atoms with Gasteiger partial charge in [-0.05, 0) is 124 Å². The molecule has 0 aromatic heterocycles. The van der Waals surface area contributed by atoms with E-state index in [-0.39, 0.29) is 46.0 Å². The molecule has 3 heterocycles. The standard InChI is InChI=1S/C42H72O14/c1-37(2)24-10-15-40(6)25(17-21(45)28-20(9-14-41(28,40)7)42(8)16-12-27(56-42)38(3,4)51)39(24,5)13-11-26(37)54-36-34(32(49)30(47)23(19-44)53-36)55-35-33(50)31(48)29(46)22(18-43)52-35/h20-36,43-51H,9-19H2,1-8H3/t20-,21+,22+,23+,24+,25+,26-,27-,28-,29+,30+,31-,32-,33+,34+,35-,36-,39-,40+,41+,42-/m0/s1. The van der Waals surface area contributed by atoms with Gasteiger partial charge < -0.3 is 69.6 Å². The summed E-state index contributed by atoms with van der Waals surface area (Å²) in [5.41, 5.74) is -2.03. The summed E-state index contributed by atoms with van der Waals surface area (Å²) in [6.07, 6.45) is -8.45. The molecule has 0 amide bonds. The summed E-state index contributed by atoms with van der Waals surface area (Å²) < 4.78 is 31.1. The Morgan fingerprint density at radius 3 is 1.86 bits per heavy atom. The van der Waals surface area contributed by atoms with Gasteiger partial charge in [-0.3, -0.25) is 0 Å². The number of aliphatic hydroxyl groups is 9. The van der Waals surface area contributed by atoms with Crippen LogP contribution in [0, 0.1) is 45.3 Å². The van der Waals surface area contributed by atoms with Gasteiger partial charge in [0, 0.05) is 0 Å². The van der Waals surface area contributed by atoms with E-state index >= 15 is 0 Å². The van der Waals surface area contributed by atoms with E-state index in [1.807, 2.05) is 13.8 Å². The van der Waals surface area contributed by atoms with Gasteiger partial charge in [-0.25, -0.2) is 0 Å². The molecule has 14 nitrogen and oxygen atoms in total. The monoisotopic (exact) mass is 800 g/mol. The summed E-state index contributed by atoms with van der Waals surface area (Å²) in [6, 6.07) is 0. The molecule has 0 aromatic rings. The zero-order valence-corrected chi connectivity index (χ0v) is 34.7. The fourth-order valence-corrected chi connectivity index (χ4v) is 14.1. The first-order valence-electron chi connectivity index (χ1n) is 21.3. The molecule has 9 N–H and O–H groups in total. The maximum Gasteiger partial charge on any atom is 0.187 e. The topological polar surface area (TPSA) is 228 Å². The van der Waals surface area contributed by atoms with Gasteiger partial charge in [0.2, 0.25) is 0 Å². The first kappa shape index (κ1) is 43.5. The summed E-state index contributed by atoms with van der Waals surface area (Å²) in [4.78, 5) is 0. The highest BCUT2D eigenvalue weighted by Gasteiger charge is 2.72. The largest absolute Gasteiger partial charge is 0.394 e. The van der Waals surface area contributed by atoms with Crippen LogP contribution in [0.4, 0.5) is 0 Å². The van der Waals surface area contributed by atoms with Crippen LogP contribution in [0.2, 0.25) is 0 Å². The highest BCUT2D eigenvalue weighted by atomic mass is 16.8. The fraction of sp³-hybridized carbons (Fsp3) is 1.00. The van der Waals surface area contributed by atoms with Crippen molar-refractivity contribution in [2.75, 3.05) is 13.2 Å². The summed E-state index contributed by atoms with van der Waals surface area (Å²) in [7, 11) is 0. The SMILES string of the molecule is CC(C)(O)[C@@H]1CC[C@@](C)([C@H]2CC[C@]3(C)[C@@H]2[C@H](O)C[C@@H]2[C@@]4(C)CC[C@H](O[C@@H]5O[C@H](CO)[C@@H](O)[C@H](O)[C@H]5O[C@@H]5O[C@H](CO)[C@@H](O)[C@H](O)[C@H]5O)C(C)(C)[C@H]4CC[C@]23C)O1. The minimum atomic E-state index is -1.75. The Morgan fingerprint density at radius 1 is 0.643 bits per heavy atom. The van der Waals surface area contributed by atoms with E-state index in [9.17, 15) is 46.0 Å². The second kappa shape index (κ2) is 14.8. The van der Waals surface area contributed by atoms with Crippen LogP contribution in [0.1, 0.15) is 113 Å². The minimum Gasteiger partial charge on any atom is -0.394 e. The van der Waals surface area contributed by atoms with Crippen LogP contribution >= 0.6 is 0 Å². The Balaban J connectivity index is 1.11. The molecule has 4 aliphatic carbocycles. The molecule has 7 fully saturated rings. The number of hydrogen-bond acceptors (Lipinski definition) is 14. The molecular weight excluding hydrogens is 728 g/mol. The maximum atomic E-state index is 12.3. The average molecular weight is 801 g/mol. The van der Waals surface area contributed by atoms with Gasteiger partial charge in [-0.2, -0.15) is 0 Å². The second-order valence-corrected chi connectivity index (χ2v) is 21.1. The maximum absolute atomic E-state index is 12.3. The first-order chi connectivity index (χ1) is 26.0. The third kappa shape index (κ3) is 6.58. The summed E-state index contributed by atoms with van der Waals surface area (Å²) in [5, 5.41) is 96.5. The van der Waals surface area contributed by atoms with Gasteiger partial charge in [0.25, 0.3) is 0 Å². The van der Waals surface area contributed by atoms with Gasteiger partial charge in [0.15, 0.2) is 12.6 Å². The third-order valence-corrected chi connectivity index (χ3v) is 17.5. The van der Waals surface area contributed by atoms with E-state index in [0.717, 1.165) is 44.9 Å². The molecule has 4 saturated carbocycles. The Hall–Kier alpha value is -0.560. The quantitative estimate of drug-likeness (QED) is 0.158. The van der Waals surface area contributed by atoms with Crippen molar-refractivity contribution in [3.63, 3.8) is 0 Å². The van der Waals surface area contributed by atoms with Crippen molar-refractivity contribution in [3.05, 3.63) is 0 Å². The number of hydrogen-bond donors (Lipinski definition) is 9. The lowest BCUT2D eigenvalue weighted by atomic mass is 9.35. The minimum absolute atomic E-state index is 0.0311. The zero-order chi connectivity index (χ0) is 41.1. The van der Waals surface area contributed by atoms with Crippen molar-refractivity contribution in [3.8, 4) is 0 Å². The molecule has 3 saturated heterocycles. The van der Waals surface area contributed by atoms with Crippen molar-refractivity contribution in [2.24, 2.45) is 45.3 Å². The van der Waals surface area contributed by atoms with Gasteiger partial charge in [-0.1, -0.05) is 34.6 Å². The third-order valence-electron chi connectivity index (χ3n) is 17.5. The van der Waals surface area contributed by atoms with Crippen molar-refractivity contribution in [2.45, 2.75) is 204 Å². The van der Waals surface area contributed by atoms with Crippen molar-refractivity contribution in [1.82, 2.24) is 0 Å². The molecule has 324 valence electrons.